The number of rotatable bonds is 7. The number of aliphatic hydroxyl groups excluding tert-OH is 1. The predicted octanol–water partition coefficient (Wildman–Crippen LogP) is 5.71. The third-order valence-electron chi connectivity index (χ3n) is 7.77. The van der Waals surface area contributed by atoms with E-state index in [4.69, 9.17) is 19.7 Å². The monoisotopic (exact) mass is 505 g/mol. The van der Waals surface area contributed by atoms with Crippen molar-refractivity contribution >= 4 is 0 Å². The van der Waals surface area contributed by atoms with Gasteiger partial charge in [-0.25, -0.2) is 0 Å². The average molecular weight is 506 g/mol. The second kappa shape index (κ2) is 10.6. The van der Waals surface area contributed by atoms with Crippen molar-refractivity contribution < 1.29 is 32.9 Å². The van der Waals surface area contributed by atoms with Crippen LogP contribution in [0.1, 0.15) is 84.8 Å². The maximum Gasteiger partial charge on any atom is 0.416 e. The minimum absolute atomic E-state index is 0.102. The molecule has 0 aromatic heterocycles. The first-order valence-corrected chi connectivity index (χ1v) is 13.0. The molecule has 5 nitrogen and oxygen atoms in total. The van der Waals surface area contributed by atoms with Gasteiger partial charge in [0.2, 0.25) is 0 Å². The van der Waals surface area contributed by atoms with Crippen molar-refractivity contribution in [3.63, 3.8) is 0 Å². The second-order valence-corrected chi connectivity index (χ2v) is 10.3. The summed E-state index contributed by atoms with van der Waals surface area (Å²) in [4.78, 5) is 2.18. The second-order valence-electron chi connectivity index (χ2n) is 10.3. The third-order valence-corrected chi connectivity index (χ3v) is 7.77. The van der Waals surface area contributed by atoms with Crippen molar-refractivity contribution in [2.45, 2.75) is 82.4 Å². The van der Waals surface area contributed by atoms with Crippen molar-refractivity contribution in [1.82, 2.24) is 4.90 Å². The SMILES string of the molecule is OC(O)CC[C@@H]1COc2cc(O[C@@H]3CCc4c3ccc(C(F)(F)F)c4CN3CCCCCC3)ccc21. The van der Waals surface area contributed by atoms with Gasteiger partial charge in [-0.1, -0.05) is 25.0 Å². The third kappa shape index (κ3) is 5.50. The number of aliphatic hydroxyl groups is 2. The standard InChI is InChI=1S/C28H34F3NO4/c29-28(30,31)24-10-8-22-21(23(24)16-32-13-3-1-2-4-14-32)9-11-25(22)36-19-6-7-20-18(5-12-27(33)34)17-35-26(20)15-19/h6-8,10,15,18,25,27,33-34H,1-5,9,11-14,16-17H2/t18-,25-/m1/s1. The van der Waals surface area contributed by atoms with Gasteiger partial charge in [0.1, 0.15) is 17.6 Å². The highest BCUT2D eigenvalue weighted by Gasteiger charge is 2.38. The quantitative estimate of drug-likeness (QED) is 0.472. The Kier molecular flexibility index (Phi) is 7.47. The highest BCUT2D eigenvalue weighted by Crippen LogP contribution is 2.44. The largest absolute Gasteiger partial charge is 0.493 e. The van der Waals surface area contributed by atoms with Crippen LogP contribution < -0.4 is 9.47 Å². The van der Waals surface area contributed by atoms with Crippen LogP contribution in [0.5, 0.6) is 11.5 Å². The molecule has 5 rings (SSSR count). The van der Waals surface area contributed by atoms with E-state index in [-0.39, 0.29) is 18.4 Å². The van der Waals surface area contributed by atoms with Gasteiger partial charge in [-0.05, 0) is 80.4 Å². The fraction of sp³-hybridized carbons (Fsp3) is 0.571. The fourth-order valence-corrected chi connectivity index (χ4v) is 5.91. The molecule has 2 atom stereocenters. The summed E-state index contributed by atoms with van der Waals surface area (Å²) in [5.41, 5.74) is 2.56. The van der Waals surface area contributed by atoms with E-state index in [2.05, 4.69) is 4.90 Å². The van der Waals surface area contributed by atoms with Crippen LogP contribution in [0.15, 0.2) is 30.3 Å². The van der Waals surface area contributed by atoms with Crippen LogP contribution >= 0.6 is 0 Å². The molecule has 196 valence electrons. The van der Waals surface area contributed by atoms with Crippen LogP contribution in [0, 0.1) is 0 Å². The first kappa shape index (κ1) is 25.4. The van der Waals surface area contributed by atoms with Gasteiger partial charge in [-0.3, -0.25) is 4.90 Å². The van der Waals surface area contributed by atoms with E-state index in [1.807, 2.05) is 18.2 Å². The van der Waals surface area contributed by atoms with Crippen molar-refractivity contribution in [2.75, 3.05) is 19.7 Å². The molecule has 0 spiro atoms. The molecular formula is C28H34F3NO4. The number of halogens is 3. The van der Waals surface area contributed by atoms with Crippen LogP contribution in [0.4, 0.5) is 13.2 Å². The lowest BCUT2D eigenvalue weighted by molar-refractivity contribution is -0.138. The van der Waals surface area contributed by atoms with Gasteiger partial charge in [0, 0.05) is 24.1 Å². The van der Waals surface area contributed by atoms with E-state index in [0.29, 0.717) is 43.7 Å². The molecule has 0 saturated carbocycles. The van der Waals surface area contributed by atoms with Crippen molar-refractivity contribution in [2.24, 2.45) is 0 Å². The first-order valence-electron chi connectivity index (χ1n) is 13.0. The highest BCUT2D eigenvalue weighted by atomic mass is 19.4. The summed E-state index contributed by atoms with van der Waals surface area (Å²) in [7, 11) is 0. The Labute approximate surface area is 209 Å². The molecule has 3 aliphatic rings. The Balaban J connectivity index is 1.36. The zero-order valence-electron chi connectivity index (χ0n) is 20.4. The van der Waals surface area contributed by atoms with E-state index >= 15 is 0 Å². The number of ether oxygens (including phenoxy) is 2. The Morgan fingerprint density at radius 3 is 2.50 bits per heavy atom. The van der Waals surface area contributed by atoms with Crippen LogP contribution in [0.25, 0.3) is 0 Å². The zero-order valence-corrected chi connectivity index (χ0v) is 20.4. The minimum Gasteiger partial charge on any atom is -0.493 e. The maximum absolute atomic E-state index is 14.0. The van der Waals surface area contributed by atoms with E-state index < -0.39 is 18.0 Å². The Hall–Kier alpha value is -2.29. The number of hydrogen-bond acceptors (Lipinski definition) is 5. The molecule has 2 N–H and O–H groups in total. The van der Waals surface area contributed by atoms with Gasteiger partial charge in [-0.2, -0.15) is 13.2 Å². The first-order chi connectivity index (χ1) is 17.3. The molecule has 1 saturated heterocycles. The van der Waals surface area contributed by atoms with Gasteiger partial charge in [-0.15, -0.1) is 0 Å². The van der Waals surface area contributed by atoms with Gasteiger partial charge in [0.05, 0.1) is 12.2 Å². The molecule has 2 aliphatic heterocycles. The normalized spacial score (nSPS) is 22.3. The van der Waals surface area contributed by atoms with Crippen LogP contribution in [0.2, 0.25) is 0 Å². The summed E-state index contributed by atoms with van der Waals surface area (Å²) in [6.07, 6.45) is 0.431. The summed E-state index contributed by atoms with van der Waals surface area (Å²) in [6, 6.07) is 8.49. The molecule has 8 heteroatoms. The number of likely N-dealkylation sites (tertiary alicyclic amines) is 1. The Bertz CT molecular complexity index is 1060. The van der Waals surface area contributed by atoms with Gasteiger partial charge in [0.25, 0.3) is 0 Å². The van der Waals surface area contributed by atoms with Crippen molar-refractivity contribution in [3.8, 4) is 11.5 Å². The van der Waals surface area contributed by atoms with Crippen molar-refractivity contribution in [1.29, 1.82) is 0 Å². The number of nitrogens with zero attached hydrogens (tertiary/aromatic N) is 1. The smallest absolute Gasteiger partial charge is 0.416 e. The molecule has 1 fully saturated rings. The van der Waals surface area contributed by atoms with E-state index in [0.717, 1.165) is 61.2 Å². The van der Waals surface area contributed by atoms with E-state index in [9.17, 15) is 13.2 Å². The molecule has 2 aromatic carbocycles. The Morgan fingerprint density at radius 2 is 1.78 bits per heavy atom. The van der Waals surface area contributed by atoms with Gasteiger partial charge in [0.15, 0.2) is 6.29 Å². The zero-order chi connectivity index (χ0) is 25.3. The molecule has 0 amide bonds. The summed E-state index contributed by atoms with van der Waals surface area (Å²) < 4.78 is 54.0. The van der Waals surface area contributed by atoms with E-state index in [1.165, 1.54) is 6.07 Å². The maximum atomic E-state index is 14.0. The van der Waals surface area contributed by atoms with Crippen molar-refractivity contribution in [3.05, 3.63) is 58.1 Å². The van der Waals surface area contributed by atoms with Crippen LogP contribution in [0.3, 0.4) is 0 Å². The number of alkyl halides is 3. The topological polar surface area (TPSA) is 62.2 Å². The number of hydrogen-bond donors (Lipinski definition) is 2. The molecule has 0 unspecified atom stereocenters. The lowest BCUT2D eigenvalue weighted by atomic mass is 9.95. The fourth-order valence-electron chi connectivity index (χ4n) is 5.91. The van der Waals surface area contributed by atoms with Gasteiger partial charge >= 0.3 is 6.18 Å². The molecule has 0 bridgehead atoms. The lowest BCUT2D eigenvalue weighted by Crippen LogP contribution is -2.26. The lowest BCUT2D eigenvalue weighted by Gasteiger charge is -2.25. The predicted molar refractivity (Wildman–Crippen MR) is 129 cm³/mol. The summed E-state index contributed by atoms with van der Waals surface area (Å²) >= 11 is 0. The number of fused-ring (bicyclic) bond motifs is 2. The highest BCUT2D eigenvalue weighted by molar-refractivity contribution is 5.48. The summed E-state index contributed by atoms with van der Waals surface area (Å²) in [6.45, 7) is 2.50. The molecule has 2 aromatic rings. The average Bonchev–Trinajstić information content (AvgIpc) is 3.33. The minimum atomic E-state index is -4.38. The molecule has 0 radical (unpaired) electrons. The summed E-state index contributed by atoms with van der Waals surface area (Å²) in [5, 5.41) is 18.3. The van der Waals surface area contributed by atoms with Gasteiger partial charge < -0.3 is 19.7 Å². The molecular weight excluding hydrogens is 471 g/mol. The summed E-state index contributed by atoms with van der Waals surface area (Å²) in [5.74, 6) is 1.45. The number of benzene rings is 2. The molecule has 2 heterocycles. The van der Waals surface area contributed by atoms with E-state index in [1.54, 1.807) is 6.07 Å². The van der Waals surface area contributed by atoms with Crippen LogP contribution in [-0.4, -0.2) is 41.1 Å². The molecule has 1 aliphatic carbocycles. The van der Waals surface area contributed by atoms with Crippen LogP contribution in [-0.2, 0) is 19.1 Å². The molecule has 36 heavy (non-hydrogen) atoms. The Morgan fingerprint density at radius 1 is 1.03 bits per heavy atom.